The second-order valence-corrected chi connectivity index (χ2v) is 6.64. The maximum Gasteiger partial charge on any atom is 0.246 e. The van der Waals surface area contributed by atoms with Crippen LogP contribution in [0.15, 0.2) is 47.4 Å². The number of nitriles is 1. The van der Waals surface area contributed by atoms with E-state index in [4.69, 9.17) is 5.26 Å². The number of hydrogen-bond donors (Lipinski definition) is 0. The molecule has 1 aliphatic rings. The first-order chi connectivity index (χ1) is 11.7. The van der Waals surface area contributed by atoms with E-state index in [9.17, 15) is 4.79 Å². The Morgan fingerprint density at radius 2 is 2.25 bits per heavy atom. The lowest BCUT2D eigenvalue weighted by Gasteiger charge is -2.14. The summed E-state index contributed by atoms with van der Waals surface area (Å²) in [6, 6.07) is 10.0. The van der Waals surface area contributed by atoms with Crippen LogP contribution in [-0.4, -0.2) is 40.8 Å². The van der Waals surface area contributed by atoms with Crippen LogP contribution in [0.5, 0.6) is 0 Å². The summed E-state index contributed by atoms with van der Waals surface area (Å²) in [5, 5.41) is 11.8. The smallest absolute Gasteiger partial charge is 0.246 e. The molecule has 0 bridgehead atoms. The van der Waals surface area contributed by atoms with Gasteiger partial charge < -0.3 is 9.80 Å². The summed E-state index contributed by atoms with van der Waals surface area (Å²) in [6.45, 7) is 1.74. The first-order valence-electron chi connectivity index (χ1n) is 7.75. The average Bonchev–Trinajstić information content (AvgIpc) is 3.25. The molecule has 24 heavy (non-hydrogen) atoms. The second-order valence-electron chi connectivity index (χ2n) is 5.78. The van der Waals surface area contributed by atoms with Crippen LogP contribution in [0.4, 0.5) is 0 Å². The van der Waals surface area contributed by atoms with Gasteiger partial charge in [-0.3, -0.25) is 4.79 Å². The minimum Gasteiger partial charge on any atom is -0.336 e. The van der Waals surface area contributed by atoms with Crippen LogP contribution in [0.1, 0.15) is 12.1 Å². The van der Waals surface area contributed by atoms with Crippen molar-refractivity contribution >= 4 is 17.2 Å². The molecule has 1 aliphatic heterocycles. The van der Waals surface area contributed by atoms with E-state index in [1.165, 1.54) is 0 Å². The van der Waals surface area contributed by atoms with Gasteiger partial charge in [-0.25, -0.2) is 4.98 Å². The fourth-order valence-corrected chi connectivity index (χ4v) is 3.40. The molecule has 6 heteroatoms. The number of carbonyl (C=O) groups is 1. The minimum absolute atomic E-state index is 0.0425. The Hall–Kier alpha value is -2.65. The maximum absolute atomic E-state index is 12.3. The summed E-state index contributed by atoms with van der Waals surface area (Å²) in [4.78, 5) is 20.2. The van der Waals surface area contributed by atoms with Crippen molar-refractivity contribution < 1.29 is 4.79 Å². The van der Waals surface area contributed by atoms with Gasteiger partial charge in [-0.15, -0.1) is 11.3 Å². The topological polar surface area (TPSA) is 60.2 Å². The highest BCUT2D eigenvalue weighted by Gasteiger charge is 2.17. The van der Waals surface area contributed by atoms with Gasteiger partial charge in [0, 0.05) is 37.2 Å². The van der Waals surface area contributed by atoms with E-state index in [2.05, 4.69) is 11.2 Å². The van der Waals surface area contributed by atoms with Gasteiger partial charge in [0.1, 0.15) is 5.01 Å². The predicted molar refractivity (Wildman–Crippen MR) is 93.9 cm³/mol. The van der Waals surface area contributed by atoms with Crippen molar-refractivity contribution in [2.24, 2.45) is 0 Å². The summed E-state index contributed by atoms with van der Waals surface area (Å²) >= 11 is 1.59. The Morgan fingerprint density at radius 1 is 1.46 bits per heavy atom. The number of carbonyl (C=O) groups excluding carboxylic acids is 1. The van der Waals surface area contributed by atoms with Gasteiger partial charge >= 0.3 is 0 Å². The predicted octanol–water partition coefficient (Wildman–Crippen LogP) is 2.88. The first-order valence-corrected chi connectivity index (χ1v) is 8.62. The number of aromatic nitrogens is 1. The molecule has 1 saturated heterocycles. The number of thiazole rings is 1. The van der Waals surface area contributed by atoms with E-state index in [1.807, 2.05) is 35.7 Å². The molecule has 0 atom stereocenters. The molecular weight excluding hydrogens is 320 g/mol. The Bertz CT molecular complexity index is 791. The molecule has 2 heterocycles. The van der Waals surface area contributed by atoms with Crippen LogP contribution >= 0.6 is 11.3 Å². The zero-order valence-corrected chi connectivity index (χ0v) is 14.3. The number of benzene rings is 1. The SMILES string of the molecule is CN(Cc1csc(-c2ccccc2)n1)C(=O)/C=C1/CCN(C#N)C1. The van der Waals surface area contributed by atoms with Crippen molar-refractivity contribution in [1.29, 1.82) is 5.26 Å². The number of amides is 1. The Kier molecular flexibility index (Phi) is 4.92. The molecule has 0 radical (unpaired) electrons. The average molecular weight is 338 g/mol. The molecule has 0 spiro atoms. The molecule has 0 aliphatic carbocycles. The summed E-state index contributed by atoms with van der Waals surface area (Å²) in [7, 11) is 1.78. The fourth-order valence-electron chi connectivity index (χ4n) is 2.58. The van der Waals surface area contributed by atoms with Gasteiger partial charge in [0.2, 0.25) is 5.91 Å². The molecule has 5 nitrogen and oxygen atoms in total. The van der Waals surface area contributed by atoms with Crippen molar-refractivity contribution in [3.05, 3.63) is 53.1 Å². The van der Waals surface area contributed by atoms with E-state index in [1.54, 1.807) is 34.3 Å². The number of nitrogens with zero attached hydrogens (tertiary/aromatic N) is 4. The van der Waals surface area contributed by atoms with Crippen molar-refractivity contribution in [3.63, 3.8) is 0 Å². The van der Waals surface area contributed by atoms with E-state index in [0.29, 0.717) is 19.6 Å². The van der Waals surface area contributed by atoms with Crippen molar-refractivity contribution in [1.82, 2.24) is 14.8 Å². The van der Waals surface area contributed by atoms with E-state index in [0.717, 1.165) is 28.3 Å². The molecule has 1 aromatic carbocycles. The van der Waals surface area contributed by atoms with Gasteiger partial charge in [-0.1, -0.05) is 30.3 Å². The molecule has 1 aromatic heterocycles. The molecular formula is C18H18N4OS. The lowest BCUT2D eigenvalue weighted by Crippen LogP contribution is -2.25. The van der Waals surface area contributed by atoms with Gasteiger partial charge in [0.25, 0.3) is 0 Å². The van der Waals surface area contributed by atoms with E-state index >= 15 is 0 Å². The molecule has 1 amide bonds. The Morgan fingerprint density at radius 3 is 2.96 bits per heavy atom. The maximum atomic E-state index is 12.3. The highest BCUT2D eigenvalue weighted by atomic mass is 32.1. The summed E-state index contributed by atoms with van der Waals surface area (Å²) in [6.07, 6.45) is 4.55. The van der Waals surface area contributed by atoms with Crippen LogP contribution < -0.4 is 0 Å². The Labute approximate surface area is 145 Å². The van der Waals surface area contributed by atoms with Crippen LogP contribution in [-0.2, 0) is 11.3 Å². The number of hydrogen-bond acceptors (Lipinski definition) is 5. The summed E-state index contributed by atoms with van der Waals surface area (Å²) < 4.78 is 0. The van der Waals surface area contributed by atoms with Gasteiger partial charge in [-0.05, 0) is 12.0 Å². The van der Waals surface area contributed by atoms with Gasteiger partial charge in [0.15, 0.2) is 6.19 Å². The number of likely N-dealkylation sites (N-methyl/N-ethyl adjacent to an activating group) is 1. The molecule has 0 N–H and O–H groups in total. The van der Waals surface area contributed by atoms with Crippen molar-refractivity contribution in [2.45, 2.75) is 13.0 Å². The van der Waals surface area contributed by atoms with Crippen molar-refractivity contribution in [3.8, 4) is 16.8 Å². The lowest BCUT2D eigenvalue weighted by molar-refractivity contribution is -0.125. The molecule has 0 unspecified atom stereocenters. The molecule has 0 saturated carbocycles. The first kappa shape index (κ1) is 16.2. The third-order valence-electron chi connectivity index (χ3n) is 3.91. The van der Waals surface area contributed by atoms with Crippen LogP contribution in [0.2, 0.25) is 0 Å². The third kappa shape index (κ3) is 3.81. The standard InChI is InChI=1S/C18H18N4OS/c1-21(17(23)9-14-7-8-22(10-14)13-19)11-16-12-24-18(20-16)15-5-3-2-4-6-15/h2-6,9,12H,7-8,10-11H2,1H3/b14-9-. The number of likely N-dealkylation sites (tertiary alicyclic amines) is 1. The summed E-state index contributed by atoms with van der Waals surface area (Å²) in [5.74, 6) is -0.0425. The largest absolute Gasteiger partial charge is 0.336 e. The fraction of sp³-hybridized carbons (Fsp3) is 0.278. The highest BCUT2D eigenvalue weighted by molar-refractivity contribution is 7.13. The second kappa shape index (κ2) is 7.28. The normalized spacial score (nSPS) is 15.5. The van der Waals surface area contributed by atoms with Gasteiger partial charge in [-0.2, -0.15) is 5.26 Å². The zero-order chi connectivity index (χ0) is 16.9. The molecule has 1 fully saturated rings. The molecule has 2 aromatic rings. The minimum atomic E-state index is -0.0425. The van der Waals surface area contributed by atoms with E-state index in [-0.39, 0.29) is 5.91 Å². The highest BCUT2D eigenvalue weighted by Crippen LogP contribution is 2.23. The third-order valence-corrected chi connectivity index (χ3v) is 4.85. The van der Waals surface area contributed by atoms with Crippen LogP contribution in [0.25, 0.3) is 10.6 Å². The lowest BCUT2D eigenvalue weighted by atomic mass is 10.2. The molecule has 122 valence electrons. The quantitative estimate of drug-likeness (QED) is 0.635. The Balaban J connectivity index is 1.62. The summed E-state index contributed by atoms with van der Waals surface area (Å²) in [5.41, 5.74) is 2.99. The van der Waals surface area contributed by atoms with Gasteiger partial charge in [0.05, 0.1) is 12.2 Å². The molecule has 3 rings (SSSR count). The zero-order valence-electron chi connectivity index (χ0n) is 13.5. The van der Waals surface area contributed by atoms with Crippen LogP contribution in [0.3, 0.4) is 0 Å². The monoisotopic (exact) mass is 338 g/mol. The van der Waals surface area contributed by atoms with Crippen molar-refractivity contribution in [2.75, 3.05) is 20.1 Å². The number of rotatable bonds is 4. The van der Waals surface area contributed by atoms with Crippen LogP contribution in [0, 0.1) is 11.5 Å². The van der Waals surface area contributed by atoms with E-state index < -0.39 is 0 Å².